The number of benzene rings is 1. The molecule has 0 unspecified atom stereocenters. The van der Waals surface area contributed by atoms with Gasteiger partial charge in [-0.2, -0.15) is 13.1 Å². The Balaban J connectivity index is 2.47. The van der Waals surface area contributed by atoms with Crippen LogP contribution in [0.15, 0.2) is 24.3 Å². The van der Waals surface area contributed by atoms with E-state index in [9.17, 15) is 8.42 Å². The molecule has 0 atom stereocenters. The van der Waals surface area contributed by atoms with Crippen LogP contribution in [0.2, 0.25) is 0 Å². The van der Waals surface area contributed by atoms with Gasteiger partial charge in [0.2, 0.25) is 0 Å². The zero-order chi connectivity index (χ0) is 14.8. The SMILES string of the molecule is CCCNCc1ccc(NS(=O)(=O)NCCOC)cc1. The second-order valence-corrected chi connectivity index (χ2v) is 5.87. The van der Waals surface area contributed by atoms with Crippen molar-refractivity contribution in [1.29, 1.82) is 0 Å². The maximum absolute atomic E-state index is 11.7. The van der Waals surface area contributed by atoms with Gasteiger partial charge in [0.05, 0.1) is 6.61 Å². The van der Waals surface area contributed by atoms with Crippen molar-refractivity contribution in [2.45, 2.75) is 19.9 Å². The molecule has 0 radical (unpaired) electrons. The van der Waals surface area contributed by atoms with Crippen molar-refractivity contribution in [3.05, 3.63) is 29.8 Å². The van der Waals surface area contributed by atoms with Crippen LogP contribution in [0.5, 0.6) is 0 Å². The lowest BCUT2D eigenvalue weighted by molar-refractivity contribution is 0.204. The van der Waals surface area contributed by atoms with Crippen LogP contribution in [0.1, 0.15) is 18.9 Å². The molecule has 1 rings (SSSR count). The van der Waals surface area contributed by atoms with Crippen LogP contribution in [0, 0.1) is 0 Å². The fourth-order valence-electron chi connectivity index (χ4n) is 1.57. The second-order valence-electron chi connectivity index (χ2n) is 4.37. The van der Waals surface area contributed by atoms with Gasteiger partial charge < -0.3 is 10.1 Å². The fraction of sp³-hybridized carbons (Fsp3) is 0.538. The molecule has 0 amide bonds. The normalized spacial score (nSPS) is 11.5. The van der Waals surface area contributed by atoms with Crippen LogP contribution < -0.4 is 14.8 Å². The first kappa shape index (κ1) is 16.9. The van der Waals surface area contributed by atoms with E-state index in [1.807, 2.05) is 12.1 Å². The first-order valence-corrected chi connectivity index (χ1v) is 8.11. The molecule has 6 nitrogen and oxygen atoms in total. The van der Waals surface area contributed by atoms with Gasteiger partial charge in [0.15, 0.2) is 0 Å². The molecular formula is C13H23N3O3S. The molecule has 0 saturated heterocycles. The summed E-state index contributed by atoms with van der Waals surface area (Å²) in [5.74, 6) is 0. The van der Waals surface area contributed by atoms with E-state index in [0.29, 0.717) is 12.3 Å². The Bertz CT molecular complexity index is 474. The van der Waals surface area contributed by atoms with Crippen molar-refractivity contribution in [2.24, 2.45) is 0 Å². The highest BCUT2D eigenvalue weighted by Crippen LogP contribution is 2.10. The molecule has 0 spiro atoms. The van der Waals surface area contributed by atoms with E-state index in [1.54, 1.807) is 12.1 Å². The van der Waals surface area contributed by atoms with E-state index in [-0.39, 0.29) is 6.54 Å². The van der Waals surface area contributed by atoms with Gasteiger partial charge in [-0.25, -0.2) is 0 Å². The van der Waals surface area contributed by atoms with Crippen molar-refractivity contribution in [1.82, 2.24) is 10.0 Å². The maximum Gasteiger partial charge on any atom is 0.299 e. The van der Waals surface area contributed by atoms with E-state index in [4.69, 9.17) is 4.74 Å². The summed E-state index contributed by atoms with van der Waals surface area (Å²) in [5, 5.41) is 3.29. The number of rotatable bonds is 10. The minimum Gasteiger partial charge on any atom is -0.383 e. The van der Waals surface area contributed by atoms with Crippen molar-refractivity contribution in [3.8, 4) is 0 Å². The zero-order valence-corrected chi connectivity index (χ0v) is 12.8. The summed E-state index contributed by atoms with van der Waals surface area (Å²) < 4.78 is 33.0. The smallest absolute Gasteiger partial charge is 0.299 e. The first-order valence-electron chi connectivity index (χ1n) is 6.63. The molecule has 0 heterocycles. The highest BCUT2D eigenvalue weighted by atomic mass is 32.2. The molecule has 0 aliphatic rings. The molecular weight excluding hydrogens is 278 g/mol. The average molecular weight is 301 g/mol. The Morgan fingerprint density at radius 3 is 2.45 bits per heavy atom. The minimum absolute atomic E-state index is 0.241. The largest absolute Gasteiger partial charge is 0.383 e. The third kappa shape index (κ3) is 6.85. The number of nitrogens with one attached hydrogen (secondary N) is 3. The number of hydrogen-bond acceptors (Lipinski definition) is 4. The van der Waals surface area contributed by atoms with Crippen LogP contribution in [-0.2, 0) is 21.5 Å². The number of ether oxygens (including phenoxy) is 1. The van der Waals surface area contributed by atoms with Crippen LogP contribution in [0.25, 0.3) is 0 Å². The molecule has 114 valence electrons. The van der Waals surface area contributed by atoms with Crippen LogP contribution in [-0.4, -0.2) is 35.2 Å². The summed E-state index contributed by atoms with van der Waals surface area (Å²) in [7, 11) is -2.02. The Hall–Kier alpha value is -1.15. The summed E-state index contributed by atoms with van der Waals surface area (Å²) in [6.45, 7) is 4.44. The van der Waals surface area contributed by atoms with Gasteiger partial charge in [-0.1, -0.05) is 19.1 Å². The van der Waals surface area contributed by atoms with E-state index in [1.165, 1.54) is 7.11 Å². The van der Waals surface area contributed by atoms with Crippen LogP contribution >= 0.6 is 0 Å². The molecule has 1 aromatic carbocycles. The van der Waals surface area contributed by atoms with Gasteiger partial charge in [-0.05, 0) is 30.7 Å². The predicted molar refractivity (Wildman–Crippen MR) is 80.9 cm³/mol. The summed E-state index contributed by atoms with van der Waals surface area (Å²) in [4.78, 5) is 0. The number of anilines is 1. The Kier molecular flexibility index (Phi) is 7.53. The molecule has 20 heavy (non-hydrogen) atoms. The topological polar surface area (TPSA) is 79.5 Å². The molecule has 0 bridgehead atoms. The molecule has 1 aromatic rings. The van der Waals surface area contributed by atoms with Gasteiger partial charge in [0.1, 0.15) is 0 Å². The monoisotopic (exact) mass is 301 g/mol. The molecule has 3 N–H and O–H groups in total. The Labute approximate surface area is 121 Å². The maximum atomic E-state index is 11.7. The van der Waals surface area contributed by atoms with Gasteiger partial charge in [0.25, 0.3) is 10.2 Å². The molecule has 0 aromatic heterocycles. The van der Waals surface area contributed by atoms with Gasteiger partial charge in [-0.15, -0.1) is 0 Å². The first-order chi connectivity index (χ1) is 9.57. The summed E-state index contributed by atoms with van der Waals surface area (Å²) in [6, 6.07) is 7.29. The lowest BCUT2D eigenvalue weighted by Gasteiger charge is -2.10. The van der Waals surface area contributed by atoms with Crippen molar-refractivity contribution in [2.75, 3.05) is 31.5 Å². The molecule has 0 aliphatic heterocycles. The predicted octanol–water partition coefficient (Wildman–Crippen LogP) is 1.08. The number of hydrogen-bond donors (Lipinski definition) is 3. The standard InChI is InChI=1S/C13H23N3O3S/c1-3-8-14-11-12-4-6-13(7-5-12)16-20(17,18)15-9-10-19-2/h4-7,14-16H,3,8-11H2,1-2H3. The van der Waals surface area contributed by atoms with Gasteiger partial charge in [0, 0.05) is 25.9 Å². The minimum atomic E-state index is -3.54. The second kappa shape index (κ2) is 8.91. The fourth-order valence-corrected chi connectivity index (χ4v) is 2.44. The van der Waals surface area contributed by atoms with Crippen LogP contribution in [0.3, 0.4) is 0 Å². The molecule has 0 saturated carbocycles. The van der Waals surface area contributed by atoms with Gasteiger partial charge in [-0.3, -0.25) is 4.72 Å². The van der Waals surface area contributed by atoms with E-state index in [2.05, 4.69) is 21.7 Å². The molecule has 7 heteroatoms. The third-order valence-corrected chi connectivity index (χ3v) is 3.65. The molecule has 0 aliphatic carbocycles. The zero-order valence-electron chi connectivity index (χ0n) is 12.0. The van der Waals surface area contributed by atoms with E-state index in [0.717, 1.165) is 25.1 Å². The average Bonchev–Trinajstić information content (AvgIpc) is 2.41. The Morgan fingerprint density at radius 1 is 1.15 bits per heavy atom. The summed E-state index contributed by atoms with van der Waals surface area (Å²) in [5.41, 5.74) is 1.66. The third-order valence-electron chi connectivity index (χ3n) is 2.56. The lowest BCUT2D eigenvalue weighted by atomic mass is 10.2. The highest BCUT2D eigenvalue weighted by Gasteiger charge is 2.08. The van der Waals surface area contributed by atoms with Crippen molar-refractivity contribution >= 4 is 15.9 Å². The Morgan fingerprint density at radius 2 is 1.85 bits per heavy atom. The summed E-state index contributed by atoms with van der Waals surface area (Å²) >= 11 is 0. The lowest BCUT2D eigenvalue weighted by Crippen LogP contribution is -2.32. The quantitative estimate of drug-likeness (QED) is 0.565. The van der Waals surface area contributed by atoms with E-state index < -0.39 is 10.2 Å². The van der Waals surface area contributed by atoms with Crippen LogP contribution in [0.4, 0.5) is 5.69 Å². The number of methoxy groups -OCH3 is 1. The van der Waals surface area contributed by atoms with Crippen molar-refractivity contribution < 1.29 is 13.2 Å². The summed E-state index contributed by atoms with van der Waals surface area (Å²) in [6.07, 6.45) is 1.09. The molecule has 0 fully saturated rings. The van der Waals surface area contributed by atoms with Gasteiger partial charge >= 0.3 is 0 Å². The van der Waals surface area contributed by atoms with E-state index >= 15 is 0 Å². The highest BCUT2D eigenvalue weighted by molar-refractivity contribution is 7.90. The van der Waals surface area contributed by atoms with Crippen molar-refractivity contribution in [3.63, 3.8) is 0 Å².